The van der Waals surface area contributed by atoms with E-state index in [1.165, 1.54) is 0 Å². The van der Waals surface area contributed by atoms with E-state index in [1.807, 2.05) is 12.1 Å². The van der Waals surface area contributed by atoms with Crippen LogP contribution in [0, 0.1) is 5.92 Å². The molecule has 0 radical (unpaired) electrons. The molecule has 0 saturated carbocycles. The van der Waals surface area contributed by atoms with Crippen LogP contribution >= 0.6 is 0 Å². The molecule has 0 saturated heterocycles. The highest BCUT2D eigenvalue weighted by molar-refractivity contribution is 7.92. The summed E-state index contributed by atoms with van der Waals surface area (Å²) in [5, 5.41) is 10.1. The molecule has 0 fully saturated rings. The lowest BCUT2D eigenvalue weighted by molar-refractivity contribution is -0.122. The van der Waals surface area contributed by atoms with Crippen LogP contribution in [-0.2, 0) is 27.9 Å². The van der Waals surface area contributed by atoms with Crippen LogP contribution in [0.1, 0.15) is 55.5 Å². The normalized spacial score (nSPS) is 15.8. The monoisotopic (exact) mass is 548 g/mol. The topological polar surface area (TPSA) is 135 Å². The minimum absolute atomic E-state index is 0.0126. The number of anilines is 1. The molecule has 0 bridgehead atoms. The molecule has 3 rings (SSSR count). The number of ether oxygens (including phenoxy) is 1. The molecule has 2 aromatic rings. The van der Waals surface area contributed by atoms with Gasteiger partial charge < -0.3 is 15.4 Å². The van der Waals surface area contributed by atoms with E-state index in [9.17, 15) is 18.0 Å². The fraction of sp³-hybridized carbons (Fsp3) is 0.577. The van der Waals surface area contributed by atoms with Crippen LogP contribution in [0.2, 0.25) is 0 Å². The Bertz CT molecular complexity index is 1180. The van der Waals surface area contributed by atoms with E-state index >= 15 is 0 Å². The van der Waals surface area contributed by atoms with Crippen molar-refractivity contribution in [2.24, 2.45) is 5.92 Å². The number of fused-ring (bicyclic) bond motifs is 1. The Balaban J connectivity index is 1.75. The fourth-order valence-electron chi connectivity index (χ4n) is 4.14. The first-order chi connectivity index (χ1) is 18.1. The zero-order valence-electron chi connectivity index (χ0n) is 22.5. The lowest BCUT2D eigenvalue weighted by Crippen LogP contribution is -2.38. The van der Waals surface area contributed by atoms with Crippen molar-refractivity contribution in [1.82, 2.24) is 25.3 Å². The van der Waals surface area contributed by atoms with Gasteiger partial charge in [-0.25, -0.2) is 8.42 Å². The Morgan fingerprint density at radius 3 is 2.74 bits per heavy atom. The highest BCUT2D eigenvalue weighted by Crippen LogP contribution is 2.25. The van der Waals surface area contributed by atoms with Gasteiger partial charge in [0.1, 0.15) is 5.75 Å². The van der Waals surface area contributed by atoms with Crippen molar-refractivity contribution in [1.29, 1.82) is 0 Å². The summed E-state index contributed by atoms with van der Waals surface area (Å²) in [7, 11) is -3.41. The predicted octanol–water partition coefficient (Wildman–Crippen LogP) is 2.21. The van der Waals surface area contributed by atoms with Gasteiger partial charge in [-0.15, -0.1) is 0 Å². The maximum atomic E-state index is 13.3. The number of amides is 2. The number of nitrogens with one attached hydrogen (secondary N) is 3. The SMILES string of the molecule is CC(C)CCN1CC(=O)NCCCCCOc2cccc(C(=O)NCCn3ccc(NS(C)(=O)=O)n3)c2C1. The van der Waals surface area contributed by atoms with E-state index in [0.717, 1.165) is 44.0 Å². The lowest BCUT2D eigenvalue weighted by atomic mass is 10.0. The van der Waals surface area contributed by atoms with Crippen molar-refractivity contribution >= 4 is 27.7 Å². The molecule has 0 unspecified atom stereocenters. The van der Waals surface area contributed by atoms with E-state index in [4.69, 9.17) is 4.74 Å². The number of carbonyl (C=O) groups is 2. The van der Waals surface area contributed by atoms with Crippen LogP contribution in [0.25, 0.3) is 0 Å². The van der Waals surface area contributed by atoms with E-state index in [2.05, 4.69) is 39.2 Å². The van der Waals surface area contributed by atoms with E-state index in [-0.39, 0.29) is 24.2 Å². The molecular weight excluding hydrogens is 508 g/mol. The third-order valence-corrected chi connectivity index (χ3v) is 6.69. The predicted molar refractivity (Wildman–Crippen MR) is 147 cm³/mol. The van der Waals surface area contributed by atoms with Crippen molar-refractivity contribution in [2.45, 2.75) is 52.6 Å². The lowest BCUT2D eigenvalue weighted by Gasteiger charge is -2.25. The molecule has 2 amide bonds. The second kappa shape index (κ2) is 14.1. The standard InChI is InChI=1S/C26H40N6O5S/c1-20(2)10-14-31-18-22-21(8-7-9-23(22)37-17-6-4-5-12-27-25(33)19-31)26(34)28-13-16-32-15-11-24(29-32)30-38(3,35)36/h7-9,11,15,20H,4-6,10,12-14,16-19H2,1-3H3,(H,27,33)(H,28,34)(H,29,30). The Labute approximate surface area is 225 Å². The van der Waals surface area contributed by atoms with Gasteiger partial charge >= 0.3 is 0 Å². The largest absolute Gasteiger partial charge is 0.493 e. The van der Waals surface area contributed by atoms with Crippen LogP contribution in [0.4, 0.5) is 5.82 Å². The summed E-state index contributed by atoms with van der Waals surface area (Å²) in [5.74, 6) is 1.11. The van der Waals surface area contributed by atoms with Gasteiger partial charge in [-0.3, -0.25) is 23.9 Å². The number of rotatable bonds is 9. The third kappa shape index (κ3) is 9.97. The summed E-state index contributed by atoms with van der Waals surface area (Å²) < 4.78 is 32.8. The summed E-state index contributed by atoms with van der Waals surface area (Å²) in [6.45, 7) is 7.55. The number of nitrogens with zero attached hydrogens (tertiary/aromatic N) is 3. The highest BCUT2D eigenvalue weighted by atomic mass is 32.2. The van der Waals surface area contributed by atoms with Gasteiger partial charge in [0, 0.05) is 43.0 Å². The molecule has 11 nitrogen and oxygen atoms in total. The first-order valence-corrected chi connectivity index (χ1v) is 15.0. The number of hydrogen-bond acceptors (Lipinski definition) is 7. The quantitative estimate of drug-likeness (QED) is 0.437. The van der Waals surface area contributed by atoms with E-state index in [1.54, 1.807) is 23.0 Å². The fourth-order valence-corrected chi connectivity index (χ4v) is 4.63. The number of hydrogen-bond donors (Lipinski definition) is 3. The second-order valence-corrected chi connectivity index (χ2v) is 11.8. The van der Waals surface area contributed by atoms with Crippen molar-refractivity contribution in [3.8, 4) is 5.75 Å². The van der Waals surface area contributed by atoms with Crippen molar-refractivity contribution < 1.29 is 22.7 Å². The van der Waals surface area contributed by atoms with Crippen LogP contribution < -0.4 is 20.1 Å². The zero-order chi connectivity index (χ0) is 27.5. The minimum atomic E-state index is -3.41. The van der Waals surface area contributed by atoms with E-state index in [0.29, 0.717) is 50.0 Å². The number of carbonyl (C=O) groups excluding carboxylic acids is 2. The summed E-state index contributed by atoms with van der Waals surface area (Å²) >= 11 is 0. The van der Waals surface area contributed by atoms with Gasteiger partial charge in [0.25, 0.3) is 5.91 Å². The van der Waals surface area contributed by atoms with Crippen molar-refractivity contribution in [2.75, 3.05) is 43.8 Å². The second-order valence-electron chi connectivity index (χ2n) is 10.0. The number of aromatic nitrogens is 2. The maximum absolute atomic E-state index is 13.3. The molecule has 1 aromatic carbocycles. The Hall–Kier alpha value is -3.12. The Kier molecular flexibility index (Phi) is 11.0. The molecule has 38 heavy (non-hydrogen) atoms. The van der Waals surface area contributed by atoms with Gasteiger partial charge in [-0.2, -0.15) is 5.10 Å². The minimum Gasteiger partial charge on any atom is -0.493 e. The average Bonchev–Trinajstić information content (AvgIpc) is 3.27. The van der Waals surface area contributed by atoms with Gasteiger partial charge in [-0.05, 0) is 50.3 Å². The molecule has 1 aromatic heterocycles. The third-order valence-electron chi connectivity index (χ3n) is 6.11. The number of benzene rings is 1. The molecule has 12 heteroatoms. The average molecular weight is 549 g/mol. The Morgan fingerprint density at radius 1 is 1.16 bits per heavy atom. The van der Waals surface area contributed by atoms with Crippen LogP contribution in [0.3, 0.4) is 0 Å². The first kappa shape index (κ1) is 29.4. The zero-order valence-corrected chi connectivity index (χ0v) is 23.3. The van der Waals surface area contributed by atoms with Crippen molar-refractivity contribution in [3.05, 3.63) is 41.6 Å². The molecular formula is C26H40N6O5S. The summed E-state index contributed by atoms with van der Waals surface area (Å²) in [6, 6.07) is 7.03. The van der Waals surface area contributed by atoms with Crippen LogP contribution in [0.15, 0.2) is 30.5 Å². The summed E-state index contributed by atoms with van der Waals surface area (Å²) in [5.41, 5.74) is 1.27. The van der Waals surface area contributed by atoms with Crippen LogP contribution in [0.5, 0.6) is 5.75 Å². The molecule has 0 atom stereocenters. The molecule has 3 N–H and O–H groups in total. The summed E-state index contributed by atoms with van der Waals surface area (Å²) in [6.07, 6.45) is 6.34. The van der Waals surface area contributed by atoms with E-state index < -0.39 is 10.0 Å². The number of sulfonamides is 1. The highest BCUT2D eigenvalue weighted by Gasteiger charge is 2.21. The van der Waals surface area contributed by atoms with Gasteiger partial charge in [0.15, 0.2) is 5.82 Å². The van der Waals surface area contributed by atoms with Gasteiger partial charge in [0.05, 0.1) is 26.0 Å². The molecule has 2 heterocycles. The molecule has 0 spiro atoms. The molecule has 1 aliphatic rings. The smallest absolute Gasteiger partial charge is 0.251 e. The van der Waals surface area contributed by atoms with Crippen LogP contribution in [-0.4, -0.2) is 74.0 Å². The van der Waals surface area contributed by atoms with Crippen molar-refractivity contribution in [3.63, 3.8) is 0 Å². The maximum Gasteiger partial charge on any atom is 0.251 e. The van der Waals surface area contributed by atoms with Gasteiger partial charge in [-0.1, -0.05) is 19.9 Å². The molecule has 0 aliphatic carbocycles. The summed E-state index contributed by atoms with van der Waals surface area (Å²) in [4.78, 5) is 28.0. The molecule has 210 valence electrons. The van der Waals surface area contributed by atoms with Gasteiger partial charge in [0.2, 0.25) is 15.9 Å². The first-order valence-electron chi connectivity index (χ1n) is 13.1. The Morgan fingerprint density at radius 2 is 1.97 bits per heavy atom. The molecule has 1 aliphatic heterocycles.